The third-order valence-electron chi connectivity index (χ3n) is 3.14. The minimum atomic E-state index is -0.407. The largest absolute Gasteiger partial charge is 0.465 e. The number of nitrogens with one attached hydrogen (secondary N) is 2. The van der Waals surface area contributed by atoms with Crippen LogP contribution < -0.4 is 10.6 Å². The van der Waals surface area contributed by atoms with Gasteiger partial charge in [0, 0.05) is 28.5 Å². The SMILES string of the molecule is CCCNc1nc(Nc2ccc(Br)c(C(=O)OC)c2)ncc1C. The number of esters is 1. The molecule has 0 fully saturated rings. The van der Waals surface area contributed by atoms with Gasteiger partial charge in [-0.05, 0) is 47.5 Å². The minimum absolute atomic E-state index is 0.407. The molecule has 0 aliphatic carbocycles. The zero-order valence-electron chi connectivity index (χ0n) is 13.3. The van der Waals surface area contributed by atoms with Gasteiger partial charge in [-0.25, -0.2) is 9.78 Å². The van der Waals surface area contributed by atoms with Crippen molar-refractivity contribution in [2.24, 2.45) is 0 Å². The van der Waals surface area contributed by atoms with Crippen LogP contribution in [0.2, 0.25) is 0 Å². The van der Waals surface area contributed by atoms with Crippen LogP contribution in [0.3, 0.4) is 0 Å². The quantitative estimate of drug-likeness (QED) is 0.742. The van der Waals surface area contributed by atoms with Crippen molar-refractivity contribution < 1.29 is 9.53 Å². The molecule has 0 unspecified atom stereocenters. The Balaban J connectivity index is 2.23. The van der Waals surface area contributed by atoms with E-state index in [4.69, 9.17) is 4.74 Å². The molecule has 0 aliphatic rings. The van der Waals surface area contributed by atoms with Gasteiger partial charge in [-0.3, -0.25) is 0 Å². The summed E-state index contributed by atoms with van der Waals surface area (Å²) in [6.07, 6.45) is 2.77. The fourth-order valence-corrected chi connectivity index (χ4v) is 2.33. The molecule has 0 atom stereocenters. The van der Waals surface area contributed by atoms with E-state index in [9.17, 15) is 4.79 Å². The lowest BCUT2D eigenvalue weighted by Crippen LogP contribution is -2.07. The molecule has 1 aromatic heterocycles. The Morgan fingerprint density at radius 2 is 2.17 bits per heavy atom. The first-order valence-corrected chi connectivity index (χ1v) is 8.06. The summed E-state index contributed by atoms with van der Waals surface area (Å²) in [7, 11) is 1.35. The maximum Gasteiger partial charge on any atom is 0.339 e. The summed E-state index contributed by atoms with van der Waals surface area (Å²) in [6, 6.07) is 5.30. The number of hydrogen-bond donors (Lipinski definition) is 2. The third kappa shape index (κ3) is 4.41. The highest BCUT2D eigenvalue weighted by Gasteiger charge is 2.12. The molecule has 2 N–H and O–H groups in total. The first-order valence-electron chi connectivity index (χ1n) is 7.27. The molecule has 0 saturated carbocycles. The van der Waals surface area contributed by atoms with Gasteiger partial charge in [-0.2, -0.15) is 4.98 Å². The molecule has 0 aliphatic heterocycles. The zero-order valence-corrected chi connectivity index (χ0v) is 14.9. The maximum atomic E-state index is 11.7. The van der Waals surface area contributed by atoms with Gasteiger partial charge in [0.15, 0.2) is 0 Å². The van der Waals surface area contributed by atoms with Crippen molar-refractivity contribution in [3.8, 4) is 0 Å². The second-order valence-electron chi connectivity index (χ2n) is 4.96. The summed E-state index contributed by atoms with van der Waals surface area (Å²) < 4.78 is 5.43. The van der Waals surface area contributed by atoms with Crippen molar-refractivity contribution in [3.63, 3.8) is 0 Å². The minimum Gasteiger partial charge on any atom is -0.465 e. The van der Waals surface area contributed by atoms with Crippen LogP contribution in [0.1, 0.15) is 29.3 Å². The molecular formula is C16H19BrN4O2. The second-order valence-corrected chi connectivity index (χ2v) is 5.82. The lowest BCUT2D eigenvalue weighted by Gasteiger charge is -2.11. The third-order valence-corrected chi connectivity index (χ3v) is 3.83. The highest BCUT2D eigenvalue weighted by atomic mass is 79.9. The van der Waals surface area contributed by atoms with Crippen LogP contribution in [-0.4, -0.2) is 29.6 Å². The van der Waals surface area contributed by atoms with Crippen LogP contribution in [0.4, 0.5) is 17.5 Å². The van der Waals surface area contributed by atoms with Crippen LogP contribution >= 0.6 is 15.9 Å². The number of benzene rings is 1. The van der Waals surface area contributed by atoms with E-state index < -0.39 is 5.97 Å². The van der Waals surface area contributed by atoms with E-state index in [2.05, 4.69) is 43.5 Å². The van der Waals surface area contributed by atoms with Crippen molar-refractivity contribution >= 4 is 39.4 Å². The molecule has 0 bridgehead atoms. The molecule has 1 heterocycles. The second kappa shape index (κ2) is 7.92. The number of aryl methyl sites for hydroxylation is 1. The highest BCUT2D eigenvalue weighted by molar-refractivity contribution is 9.10. The van der Waals surface area contributed by atoms with Crippen LogP contribution in [0.5, 0.6) is 0 Å². The van der Waals surface area contributed by atoms with Crippen molar-refractivity contribution in [2.75, 3.05) is 24.3 Å². The van der Waals surface area contributed by atoms with E-state index in [-0.39, 0.29) is 0 Å². The number of carbonyl (C=O) groups is 1. The lowest BCUT2D eigenvalue weighted by atomic mass is 10.2. The number of halogens is 1. The van der Waals surface area contributed by atoms with Gasteiger partial charge < -0.3 is 15.4 Å². The molecule has 2 aromatic rings. The fourth-order valence-electron chi connectivity index (χ4n) is 1.92. The Bertz CT molecular complexity index is 706. The molecule has 1 aromatic carbocycles. The first kappa shape index (κ1) is 17.2. The molecule has 7 heteroatoms. The van der Waals surface area contributed by atoms with Gasteiger partial charge in [-0.1, -0.05) is 6.92 Å². The van der Waals surface area contributed by atoms with Gasteiger partial charge in [0.2, 0.25) is 5.95 Å². The zero-order chi connectivity index (χ0) is 16.8. The van der Waals surface area contributed by atoms with Crippen LogP contribution in [0.25, 0.3) is 0 Å². The van der Waals surface area contributed by atoms with E-state index in [0.717, 1.165) is 24.3 Å². The smallest absolute Gasteiger partial charge is 0.339 e. The number of nitrogens with zero attached hydrogens (tertiary/aromatic N) is 2. The van der Waals surface area contributed by atoms with Gasteiger partial charge in [-0.15, -0.1) is 0 Å². The predicted octanol–water partition coefficient (Wildman–Crippen LogP) is 3.90. The molecule has 0 saturated heterocycles. The van der Waals surface area contributed by atoms with E-state index in [1.54, 1.807) is 18.3 Å². The van der Waals surface area contributed by atoms with Crippen molar-refractivity contribution in [2.45, 2.75) is 20.3 Å². The molecule has 2 rings (SSSR count). The average molecular weight is 379 g/mol. The summed E-state index contributed by atoms with van der Waals surface area (Å²) in [6.45, 7) is 4.90. The van der Waals surface area contributed by atoms with Crippen LogP contribution in [0.15, 0.2) is 28.9 Å². The summed E-state index contributed by atoms with van der Waals surface area (Å²) in [5, 5.41) is 6.37. The first-order chi connectivity index (χ1) is 11.0. The topological polar surface area (TPSA) is 76.1 Å². The van der Waals surface area contributed by atoms with E-state index in [1.807, 2.05) is 13.0 Å². The Labute approximate surface area is 143 Å². The van der Waals surface area contributed by atoms with Crippen molar-refractivity contribution in [1.82, 2.24) is 9.97 Å². The van der Waals surface area contributed by atoms with Gasteiger partial charge in [0.05, 0.1) is 12.7 Å². The van der Waals surface area contributed by atoms with Gasteiger partial charge >= 0.3 is 5.97 Å². The van der Waals surface area contributed by atoms with Crippen LogP contribution in [-0.2, 0) is 4.74 Å². The number of hydrogen-bond acceptors (Lipinski definition) is 6. The standard InChI is InChI=1S/C16H19BrN4O2/c1-4-7-18-14-10(2)9-19-16(21-14)20-11-5-6-13(17)12(8-11)15(22)23-3/h5-6,8-9H,4,7H2,1-3H3,(H2,18,19,20,21). The van der Waals surface area contributed by atoms with Crippen molar-refractivity contribution in [1.29, 1.82) is 0 Å². The summed E-state index contributed by atoms with van der Waals surface area (Å²) >= 11 is 3.34. The predicted molar refractivity (Wildman–Crippen MR) is 94.3 cm³/mol. The van der Waals surface area contributed by atoms with E-state index >= 15 is 0 Å². The number of anilines is 3. The monoisotopic (exact) mass is 378 g/mol. The lowest BCUT2D eigenvalue weighted by molar-refractivity contribution is 0.0599. The van der Waals surface area contributed by atoms with E-state index in [1.165, 1.54) is 7.11 Å². The van der Waals surface area contributed by atoms with Gasteiger partial charge in [0.1, 0.15) is 5.82 Å². The molecule has 6 nitrogen and oxygen atoms in total. The maximum absolute atomic E-state index is 11.7. The number of methoxy groups -OCH3 is 1. The van der Waals surface area contributed by atoms with Crippen molar-refractivity contribution in [3.05, 3.63) is 40.0 Å². The molecule has 0 amide bonds. The number of rotatable bonds is 6. The number of carbonyl (C=O) groups excluding carboxylic acids is 1. The van der Waals surface area contributed by atoms with Gasteiger partial charge in [0.25, 0.3) is 0 Å². The van der Waals surface area contributed by atoms with E-state index in [0.29, 0.717) is 21.7 Å². The molecule has 23 heavy (non-hydrogen) atoms. The van der Waals surface area contributed by atoms with Crippen LogP contribution in [0, 0.1) is 6.92 Å². The summed E-state index contributed by atoms with van der Waals surface area (Å²) in [5.74, 6) is 0.859. The highest BCUT2D eigenvalue weighted by Crippen LogP contribution is 2.24. The fraction of sp³-hybridized carbons (Fsp3) is 0.312. The average Bonchev–Trinajstić information content (AvgIpc) is 2.56. The Kier molecular flexibility index (Phi) is 5.92. The Morgan fingerprint density at radius 1 is 1.39 bits per heavy atom. The summed E-state index contributed by atoms with van der Waals surface area (Å²) in [5.41, 5.74) is 2.13. The molecule has 0 radical (unpaired) electrons. The number of aromatic nitrogens is 2. The molecule has 122 valence electrons. The Hall–Kier alpha value is -2.15. The number of ether oxygens (including phenoxy) is 1. The normalized spacial score (nSPS) is 10.3. The summed E-state index contributed by atoms with van der Waals surface area (Å²) in [4.78, 5) is 20.5. The Morgan fingerprint density at radius 3 is 2.87 bits per heavy atom. The molecular weight excluding hydrogens is 360 g/mol. The molecule has 0 spiro atoms.